The molecule has 35 heavy (non-hydrogen) atoms. The Kier molecular flexibility index (Phi) is 7.95. The standard InChI is InChI=1S/C25H22Cl2N4O3S/c1-16-8-10-18(11-9-16)15-34-24-21(26)12-19(13-22(24)27)23(14-30(32)33)35-25-29-28-17(2)31(25)20-6-4-3-5-7-20/h3-13,23H,14-15H2,1-2H3/t23-/m0/s1. The van der Waals surface area contributed by atoms with Crippen LogP contribution in [0.2, 0.25) is 10.0 Å². The molecule has 0 amide bonds. The molecule has 3 aromatic carbocycles. The van der Waals surface area contributed by atoms with Crippen molar-refractivity contribution < 1.29 is 9.66 Å². The van der Waals surface area contributed by atoms with E-state index in [1.807, 2.05) is 73.0 Å². The Labute approximate surface area is 217 Å². The highest BCUT2D eigenvalue weighted by molar-refractivity contribution is 7.99. The van der Waals surface area contributed by atoms with Crippen molar-refractivity contribution in [1.29, 1.82) is 0 Å². The smallest absolute Gasteiger partial charge is 0.220 e. The summed E-state index contributed by atoms with van der Waals surface area (Å²) in [6, 6.07) is 20.9. The Morgan fingerprint density at radius 3 is 2.31 bits per heavy atom. The first-order valence-electron chi connectivity index (χ1n) is 10.7. The molecule has 180 valence electrons. The second-order valence-corrected chi connectivity index (χ2v) is 9.89. The predicted octanol–water partition coefficient (Wildman–Crippen LogP) is 6.88. The molecule has 0 N–H and O–H groups in total. The van der Waals surface area contributed by atoms with Gasteiger partial charge in [-0.1, -0.05) is 83.0 Å². The number of thioether (sulfide) groups is 1. The van der Waals surface area contributed by atoms with Gasteiger partial charge in [-0.2, -0.15) is 0 Å². The molecule has 1 heterocycles. The summed E-state index contributed by atoms with van der Waals surface area (Å²) in [5.74, 6) is 1.01. The maximum Gasteiger partial charge on any atom is 0.220 e. The summed E-state index contributed by atoms with van der Waals surface area (Å²) < 4.78 is 7.74. The molecule has 1 atom stereocenters. The molecule has 0 spiro atoms. The van der Waals surface area contributed by atoms with Crippen LogP contribution < -0.4 is 4.74 Å². The quantitative estimate of drug-likeness (QED) is 0.134. The lowest BCUT2D eigenvalue weighted by Crippen LogP contribution is -2.11. The van der Waals surface area contributed by atoms with Gasteiger partial charge in [0.1, 0.15) is 17.7 Å². The first-order chi connectivity index (χ1) is 16.8. The highest BCUT2D eigenvalue weighted by Crippen LogP contribution is 2.42. The molecular formula is C25H22Cl2N4O3S. The summed E-state index contributed by atoms with van der Waals surface area (Å²) in [5, 5.41) is 20.5. The molecule has 1 aromatic heterocycles. The molecule has 0 aliphatic rings. The predicted molar refractivity (Wildman–Crippen MR) is 139 cm³/mol. The van der Waals surface area contributed by atoms with Crippen molar-refractivity contribution in [2.24, 2.45) is 0 Å². The number of hydrogen-bond acceptors (Lipinski definition) is 6. The van der Waals surface area contributed by atoms with Crippen LogP contribution in [0.3, 0.4) is 0 Å². The average Bonchev–Trinajstić information content (AvgIpc) is 3.19. The molecule has 0 unspecified atom stereocenters. The minimum absolute atomic E-state index is 0.286. The van der Waals surface area contributed by atoms with Gasteiger partial charge in [-0.25, -0.2) is 0 Å². The fourth-order valence-electron chi connectivity index (χ4n) is 3.51. The maximum atomic E-state index is 11.5. The lowest BCUT2D eigenvalue weighted by Gasteiger charge is -2.17. The largest absolute Gasteiger partial charge is 0.486 e. The normalized spacial score (nSPS) is 11.9. The van der Waals surface area contributed by atoms with E-state index in [2.05, 4.69) is 10.2 Å². The van der Waals surface area contributed by atoms with Crippen LogP contribution in [-0.4, -0.2) is 26.2 Å². The molecule has 0 saturated heterocycles. The Bertz CT molecular complexity index is 1310. The number of ether oxygens (including phenoxy) is 1. The number of hydrogen-bond donors (Lipinski definition) is 0. The Morgan fingerprint density at radius 2 is 1.69 bits per heavy atom. The third-order valence-corrected chi connectivity index (χ3v) is 7.01. The van der Waals surface area contributed by atoms with Gasteiger partial charge in [-0.3, -0.25) is 14.7 Å². The van der Waals surface area contributed by atoms with Crippen molar-refractivity contribution >= 4 is 35.0 Å². The Balaban J connectivity index is 1.61. The van der Waals surface area contributed by atoms with E-state index in [4.69, 9.17) is 27.9 Å². The van der Waals surface area contributed by atoms with E-state index in [1.54, 1.807) is 12.1 Å². The van der Waals surface area contributed by atoms with Gasteiger partial charge in [0.25, 0.3) is 0 Å². The van der Waals surface area contributed by atoms with Crippen LogP contribution >= 0.6 is 35.0 Å². The second-order valence-electron chi connectivity index (χ2n) is 7.91. The fourth-order valence-corrected chi connectivity index (χ4v) is 5.28. The number of benzene rings is 3. The van der Waals surface area contributed by atoms with Crippen LogP contribution in [0.5, 0.6) is 5.75 Å². The number of nitrogens with zero attached hydrogens (tertiary/aromatic N) is 4. The van der Waals surface area contributed by atoms with Gasteiger partial charge in [0.2, 0.25) is 6.54 Å². The van der Waals surface area contributed by atoms with E-state index >= 15 is 0 Å². The maximum absolute atomic E-state index is 11.5. The summed E-state index contributed by atoms with van der Waals surface area (Å²) in [4.78, 5) is 11.1. The van der Waals surface area contributed by atoms with Crippen LogP contribution in [0, 0.1) is 24.0 Å². The zero-order valence-electron chi connectivity index (χ0n) is 19.0. The van der Waals surface area contributed by atoms with Crippen LogP contribution in [-0.2, 0) is 6.61 Å². The first-order valence-corrected chi connectivity index (χ1v) is 12.4. The van der Waals surface area contributed by atoms with Crippen LogP contribution in [0.1, 0.15) is 27.8 Å². The SMILES string of the molecule is Cc1ccc(COc2c(Cl)cc([C@H](C[N+](=O)[O-])Sc3nnc(C)n3-c3ccccc3)cc2Cl)cc1. The van der Waals surface area contributed by atoms with Crippen molar-refractivity contribution in [2.45, 2.75) is 30.9 Å². The molecule has 10 heteroatoms. The molecule has 7 nitrogen and oxygen atoms in total. The number of aromatic nitrogens is 3. The monoisotopic (exact) mass is 528 g/mol. The average molecular weight is 529 g/mol. The lowest BCUT2D eigenvalue weighted by molar-refractivity contribution is -0.479. The van der Waals surface area contributed by atoms with Gasteiger partial charge >= 0.3 is 0 Å². The minimum atomic E-state index is -0.600. The number of para-hydroxylation sites is 1. The molecule has 0 aliphatic heterocycles. The van der Waals surface area contributed by atoms with E-state index < -0.39 is 5.25 Å². The molecule has 4 aromatic rings. The first kappa shape index (κ1) is 25.0. The van der Waals surface area contributed by atoms with Crippen molar-refractivity contribution in [3.63, 3.8) is 0 Å². The summed E-state index contributed by atoms with van der Waals surface area (Å²) >= 11 is 14.3. The van der Waals surface area contributed by atoms with Gasteiger partial charge < -0.3 is 4.74 Å². The van der Waals surface area contributed by atoms with Gasteiger partial charge in [0.05, 0.1) is 10.0 Å². The van der Waals surface area contributed by atoms with Crippen molar-refractivity contribution in [1.82, 2.24) is 14.8 Å². The molecule has 0 radical (unpaired) electrons. The zero-order valence-corrected chi connectivity index (χ0v) is 21.3. The van der Waals surface area contributed by atoms with Gasteiger partial charge in [0.15, 0.2) is 10.9 Å². The van der Waals surface area contributed by atoms with E-state index in [0.717, 1.165) is 16.8 Å². The van der Waals surface area contributed by atoms with Crippen molar-refractivity contribution in [3.05, 3.63) is 109 Å². The van der Waals surface area contributed by atoms with E-state index in [1.165, 1.54) is 11.8 Å². The highest BCUT2D eigenvalue weighted by Gasteiger charge is 2.25. The second kappa shape index (κ2) is 11.1. The van der Waals surface area contributed by atoms with Crippen LogP contribution in [0.4, 0.5) is 0 Å². The minimum Gasteiger partial charge on any atom is -0.486 e. The number of halogens is 2. The molecule has 0 bridgehead atoms. The molecular weight excluding hydrogens is 507 g/mol. The summed E-state index contributed by atoms with van der Waals surface area (Å²) in [6.07, 6.45) is 0. The zero-order chi connectivity index (χ0) is 24.9. The molecule has 4 rings (SSSR count). The third-order valence-electron chi connectivity index (χ3n) is 5.27. The lowest BCUT2D eigenvalue weighted by atomic mass is 10.1. The van der Waals surface area contributed by atoms with Gasteiger partial charge in [0, 0.05) is 10.6 Å². The summed E-state index contributed by atoms with van der Waals surface area (Å²) in [7, 11) is 0. The van der Waals surface area contributed by atoms with Crippen molar-refractivity contribution in [2.75, 3.05) is 6.54 Å². The molecule has 0 fully saturated rings. The van der Waals surface area contributed by atoms with E-state index in [0.29, 0.717) is 28.9 Å². The fraction of sp³-hybridized carbons (Fsp3) is 0.200. The van der Waals surface area contributed by atoms with E-state index in [9.17, 15) is 10.1 Å². The van der Waals surface area contributed by atoms with Gasteiger partial charge in [-0.05, 0) is 49.2 Å². The van der Waals surface area contributed by atoms with Crippen molar-refractivity contribution in [3.8, 4) is 11.4 Å². The number of nitro groups is 1. The summed E-state index contributed by atoms with van der Waals surface area (Å²) in [5.41, 5.74) is 3.60. The Hall–Kier alpha value is -3.07. The third kappa shape index (κ3) is 6.14. The molecule has 0 saturated carbocycles. The van der Waals surface area contributed by atoms with Crippen LogP contribution in [0.15, 0.2) is 71.9 Å². The topological polar surface area (TPSA) is 83.1 Å². The Morgan fingerprint density at radius 1 is 1.03 bits per heavy atom. The van der Waals surface area contributed by atoms with Crippen LogP contribution in [0.25, 0.3) is 5.69 Å². The molecule has 0 aliphatic carbocycles. The number of aryl methyl sites for hydroxylation is 2. The summed E-state index contributed by atoms with van der Waals surface area (Å²) in [6.45, 7) is 3.80. The number of rotatable bonds is 9. The van der Waals surface area contributed by atoms with E-state index in [-0.39, 0.29) is 21.5 Å². The van der Waals surface area contributed by atoms with Gasteiger partial charge in [-0.15, -0.1) is 10.2 Å². The highest BCUT2D eigenvalue weighted by atomic mass is 35.5.